The molecule has 1 aromatic heterocycles. The van der Waals surface area contributed by atoms with Crippen LogP contribution in [-0.4, -0.2) is 54.0 Å². The number of carbonyl (C=O) groups is 3. The lowest BCUT2D eigenvalue weighted by Gasteiger charge is -2.30. The Balaban J connectivity index is 1.44. The van der Waals surface area contributed by atoms with Gasteiger partial charge in [0.15, 0.2) is 5.13 Å². The van der Waals surface area contributed by atoms with Gasteiger partial charge in [0.25, 0.3) is 0 Å². The molecule has 1 saturated carbocycles. The third-order valence-corrected chi connectivity index (χ3v) is 5.98. The average molecular weight is 394 g/mol. The van der Waals surface area contributed by atoms with Crippen LogP contribution >= 0.6 is 11.3 Å². The normalized spacial score (nSPS) is 18.3. The van der Waals surface area contributed by atoms with Crippen molar-refractivity contribution in [3.05, 3.63) is 11.1 Å². The first kappa shape index (κ1) is 19.6. The minimum Gasteiger partial charge on any atom is -0.469 e. The number of carbonyl (C=O) groups excluding carboxylic acids is 3. The van der Waals surface area contributed by atoms with Gasteiger partial charge in [-0.2, -0.15) is 0 Å². The third-order valence-electron chi connectivity index (χ3n) is 5.18. The van der Waals surface area contributed by atoms with E-state index in [1.54, 1.807) is 10.3 Å². The van der Waals surface area contributed by atoms with Crippen LogP contribution in [0.1, 0.15) is 44.2 Å². The largest absolute Gasteiger partial charge is 0.469 e. The Kier molecular flexibility index (Phi) is 6.65. The summed E-state index contributed by atoms with van der Waals surface area (Å²) < 4.78 is 4.77. The molecule has 3 rings (SSSR count). The first-order chi connectivity index (χ1) is 13.0. The minimum atomic E-state index is -0.237. The first-order valence-electron chi connectivity index (χ1n) is 9.42. The molecule has 0 aromatic carbocycles. The summed E-state index contributed by atoms with van der Waals surface area (Å²) in [6, 6.07) is 0.0120. The van der Waals surface area contributed by atoms with E-state index in [2.05, 4.69) is 15.6 Å². The van der Waals surface area contributed by atoms with Gasteiger partial charge in [-0.3, -0.25) is 14.9 Å². The summed E-state index contributed by atoms with van der Waals surface area (Å²) in [5, 5.41) is 7.99. The minimum absolute atomic E-state index is 0.00873. The number of nitrogens with one attached hydrogen (secondary N) is 2. The Morgan fingerprint density at radius 2 is 1.93 bits per heavy atom. The Morgan fingerprint density at radius 1 is 1.22 bits per heavy atom. The molecule has 0 bridgehead atoms. The molecule has 27 heavy (non-hydrogen) atoms. The van der Waals surface area contributed by atoms with Gasteiger partial charge < -0.3 is 15.0 Å². The number of hydrogen-bond acceptors (Lipinski definition) is 6. The molecule has 2 fully saturated rings. The molecule has 3 amide bonds. The second-order valence-electron chi connectivity index (χ2n) is 7.08. The van der Waals surface area contributed by atoms with Gasteiger partial charge in [0, 0.05) is 24.5 Å². The molecular weight excluding hydrogens is 368 g/mol. The molecule has 148 valence electrons. The number of ether oxygens (including phenoxy) is 1. The van der Waals surface area contributed by atoms with E-state index >= 15 is 0 Å². The third kappa shape index (κ3) is 5.41. The summed E-state index contributed by atoms with van der Waals surface area (Å²) in [6.07, 6.45) is 5.82. The zero-order valence-electron chi connectivity index (χ0n) is 15.5. The fraction of sp³-hybridized carbons (Fsp3) is 0.667. The quantitative estimate of drug-likeness (QED) is 0.746. The number of urea groups is 1. The number of aromatic nitrogens is 1. The Bertz CT molecular complexity index is 679. The Hall–Kier alpha value is -2.16. The van der Waals surface area contributed by atoms with Crippen molar-refractivity contribution >= 4 is 34.4 Å². The summed E-state index contributed by atoms with van der Waals surface area (Å²) in [4.78, 5) is 42.1. The standard InChI is InChI=1S/C18H26N4O4S/c1-26-16(24)12-6-8-22(9-7-12)15(23)10-14-11-27-18(20-14)21-17(25)19-13-4-2-3-5-13/h11-13H,2-10H2,1H3,(H2,19,20,21,25). The molecule has 0 atom stereocenters. The van der Waals surface area contributed by atoms with Crippen LogP contribution in [0.25, 0.3) is 0 Å². The topological polar surface area (TPSA) is 101 Å². The van der Waals surface area contributed by atoms with Gasteiger partial charge in [0.2, 0.25) is 5.91 Å². The van der Waals surface area contributed by atoms with E-state index in [1.807, 2.05) is 0 Å². The predicted molar refractivity (Wildman–Crippen MR) is 102 cm³/mol. The fourth-order valence-electron chi connectivity index (χ4n) is 3.63. The summed E-state index contributed by atoms with van der Waals surface area (Å²) in [5.41, 5.74) is 0.649. The molecule has 0 radical (unpaired) electrons. The number of thiazole rings is 1. The van der Waals surface area contributed by atoms with Crippen LogP contribution in [0.4, 0.5) is 9.93 Å². The fourth-order valence-corrected chi connectivity index (χ4v) is 4.34. The number of methoxy groups -OCH3 is 1. The van der Waals surface area contributed by atoms with Crippen molar-refractivity contribution in [3.63, 3.8) is 0 Å². The molecule has 1 saturated heterocycles. The molecule has 1 aromatic rings. The van der Waals surface area contributed by atoms with Crippen molar-refractivity contribution in [1.29, 1.82) is 0 Å². The monoisotopic (exact) mass is 394 g/mol. The number of amides is 3. The number of piperidine rings is 1. The summed E-state index contributed by atoms with van der Waals surface area (Å²) in [6.45, 7) is 1.11. The van der Waals surface area contributed by atoms with E-state index in [4.69, 9.17) is 4.74 Å². The molecule has 1 aliphatic carbocycles. The van der Waals surface area contributed by atoms with Gasteiger partial charge in [-0.05, 0) is 25.7 Å². The van der Waals surface area contributed by atoms with Gasteiger partial charge in [-0.25, -0.2) is 9.78 Å². The second kappa shape index (κ2) is 9.16. The van der Waals surface area contributed by atoms with Crippen molar-refractivity contribution in [2.45, 2.75) is 51.0 Å². The number of nitrogens with zero attached hydrogens (tertiary/aromatic N) is 2. The zero-order valence-corrected chi connectivity index (χ0v) is 16.3. The van der Waals surface area contributed by atoms with Crippen molar-refractivity contribution in [3.8, 4) is 0 Å². The van der Waals surface area contributed by atoms with Crippen LogP contribution in [0.5, 0.6) is 0 Å². The zero-order chi connectivity index (χ0) is 19.2. The highest BCUT2D eigenvalue weighted by molar-refractivity contribution is 7.13. The van der Waals surface area contributed by atoms with Crippen LogP contribution in [0.2, 0.25) is 0 Å². The van der Waals surface area contributed by atoms with Gasteiger partial charge >= 0.3 is 12.0 Å². The SMILES string of the molecule is COC(=O)C1CCN(C(=O)Cc2csc(NC(=O)NC3CCCC3)n2)CC1. The maximum atomic E-state index is 12.4. The summed E-state index contributed by atoms with van der Waals surface area (Å²) in [7, 11) is 1.39. The van der Waals surface area contributed by atoms with Crippen molar-refractivity contribution in [2.24, 2.45) is 5.92 Å². The Labute approximate surface area is 162 Å². The van der Waals surface area contributed by atoms with Gasteiger partial charge in [0.1, 0.15) is 0 Å². The lowest BCUT2D eigenvalue weighted by atomic mass is 9.97. The van der Waals surface area contributed by atoms with Crippen LogP contribution in [-0.2, 0) is 20.7 Å². The maximum absolute atomic E-state index is 12.4. The molecule has 2 aliphatic rings. The van der Waals surface area contributed by atoms with Crippen LogP contribution in [0.3, 0.4) is 0 Å². The lowest BCUT2D eigenvalue weighted by Crippen LogP contribution is -2.41. The van der Waals surface area contributed by atoms with Crippen molar-refractivity contribution in [2.75, 3.05) is 25.5 Å². The Morgan fingerprint density at radius 3 is 2.59 bits per heavy atom. The van der Waals surface area contributed by atoms with Crippen LogP contribution in [0.15, 0.2) is 5.38 Å². The average Bonchev–Trinajstić information content (AvgIpc) is 3.33. The molecule has 0 spiro atoms. The van der Waals surface area contributed by atoms with Gasteiger partial charge in [-0.1, -0.05) is 12.8 Å². The molecular formula is C18H26N4O4S. The molecule has 2 heterocycles. The highest BCUT2D eigenvalue weighted by atomic mass is 32.1. The van der Waals surface area contributed by atoms with E-state index < -0.39 is 0 Å². The van der Waals surface area contributed by atoms with E-state index in [-0.39, 0.29) is 36.3 Å². The summed E-state index contributed by atoms with van der Waals surface area (Å²) in [5.74, 6) is -0.328. The van der Waals surface area contributed by atoms with Crippen molar-refractivity contribution in [1.82, 2.24) is 15.2 Å². The number of rotatable bonds is 5. The molecule has 2 N–H and O–H groups in total. The highest BCUT2D eigenvalue weighted by Crippen LogP contribution is 2.21. The van der Waals surface area contributed by atoms with E-state index in [1.165, 1.54) is 18.4 Å². The highest BCUT2D eigenvalue weighted by Gasteiger charge is 2.28. The molecule has 9 heteroatoms. The number of likely N-dealkylation sites (tertiary alicyclic amines) is 1. The number of anilines is 1. The second-order valence-corrected chi connectivity index (χ2v) is 7.94. The van der Waals surface area contributed by atoms with Gasteiger partial charge in [0.05, 0.1) is 25.1 Å². The summed E-state index contributed by atoms with van der Waals surface area (Å²) >= 11 is 1.32. The maximum Gasteiger partial charge on any atom is 0.321 e. The molecule has 0 unspecified atom stereocenters. The molecule has 1 aliphatic heterocycles. The lowest BCUT2D eigenvalue weighted by molar-refractivity contribution is -0.148. The first-order valence-corrected chi connectivity index (χ1v) is 10.3. The number of hydrogen-bond donors (Lipinski definition) is 2. The smallest absolute Gasteiger partial charge is 0.321 e. The van der Waals surface area contributed by atoms with E-state index in [0.717, 1.165) is 25.7 Å². The predicted octanol–water partition coefficient (Wildman–Crippen LogP) is 2.16. The van der Waals surface area contributed by atoms with Crippen molar-refractivity contribution < 1.29 is 19.1 Å². The molecule has 8 nitrogen and oxygen atoms in total. The van der Waals surface area contributed by atoms with Crippen LogP contribution in [0, 0.1) is 5.92 Å². The van der Waals surface area contributed by atoms with E-state index in [0.29, 0.717) is 36.8 Å². The van der Waals surface area contributed by atoms with Gasteiger partial charge in [-0.15, -0.1) is 11.3 Å². The van der Waals surface area contributed by atoms with Crippen LogP contribution < -0.4 is 10.6 Å². The van der Waals surface area contributed by atoms with E-state index in [9.17, 15) is 14.4 Å². The number of esters is 1.